The fourth-order valence-electron chi connectivity index (χ4n) is 2.35. The van der Waals surface area contributed by atoms with Gasteiger partial charge in [0.25, 0.3) is 0 Å². The maximum atomic E-state index is 14.1. The Bertz CT molecular complexity index is 573. The SMILES string of the molecule is CC(C)(C)OC(=O)N1CCNCC1c1cc(F)c(N)cc1F. The molecule has 1 aromatic carbocycles. The fourth-order valence-corrected chi connectivity index (χ4v) is 2.35. The number of carbonyl (C=O) groups excluding carboxylic acids is 1. The summed E-state index contributed by atoms with van der Waals surface area (Å²) >= 11 is 0. The Labute approximate surface area is 128 Å². The first kappa shape index (κ1) is 16.5. The van der Waals surface area contributed by atoms with E-state index in [0.717, 1.165) is 12.1 Å². The van der Waals surface area contributed by atoms with Crippen molar-refractivity contribution in [2.45, 2.75) is 32.4 Å². The third-order valence-electron chi connectivity index (χ3n) is 3.35. The van der Waals surface area contributed by atoms with Crippen LogP contribution in [0.4, 0.5) is 19.3 Å². The van der Waals surface area contributed by atoms with E-state index in [2.05, 4.69) is 5.32 Å². The van der Waals surface area contributed by atoms with E-state index in [0.29, 0.717) is 19.6 Å². The highest BCUT2D eigenvalue weighted by Gasteiger charge is 2.33. The number of piperazine rings is 1. The highest BCUT2D eigenvalue weighted by molar-refractivity contribution is 5.69. The van der Waals surface area contributed by atoms with E-state index < -0.39 is 29.4 Å². The Hall–Kier alpha value is -1.89. The van der Waals surface area contributed by atoms with E-state index in [1.807, 2.05) is 0 Å². The molecule has 22 heavy (non-hydrogen) atoms. The molecule has 1 aliphatic heterocycles. The van der Waals surface area contributed by atoms with Crippen LogP contribution in [0.25, 0.3) is 0 Å². The van der Waals surface area contributed by atoms with Crippen molar-refractivity contribution in [1.29, 1.82) is 0 Å². The van der Waals surface area contributed by atoms with Crippen LogP contribution in [0.3, 0.4) is 0 Å². The van der Waals surface area contributed by atoms with Crippen molar-refractivity contribution < 1.29 is 18.3 Å². The van der Waals surface area contributed by atoms with Crippen LogP contribution in [-0.2, 0) is 4.74 Å². The van der Waals surface area contributed by atoms with Gasteiger partial charge in [0, 0.05) is 31.3 Å². The standard InChI is InChI=1S/C15H21F2N3O2/c1-15(2,3)22-14(21)20-5-4-19-8-13(20)9-6-11(17)12(18)7-10(9)16/h6-7,13,19H,4-5,8,18H2,1-3H3. The van der Waals surface area contributed by atoms with Gasteiger partial charge in [-0.15, -0.1) is 0 Å². The number of benzene rings is 1. The van der Waals surface area contributed by atoms with Crippen molar-refractivity contribution in [3.8, 4) is 0 Å². The Morgan fingerprint density at radius 2 is 2.05 bits per heavy atom. The number of hydrogen-bond donors (Lipinski definition) is 2. The number of nitrogens with two attached hydrogens (primary N) is 1. The van der Waals surface area contributed by atoms with Gasteiger partial charge in [0.15, 0.2) is 0 Å². The third kappa shape index (κ3) is 3.65. The molecule has 0 spiro atoms. The van der Waals surface area contributed by atoms with Crippen LogP contribution >= 0.6 is 0 Å². The van der Waals surface area contributed by atoms with Crippen LogP contribution in [0.5, 0.6) is 0 Å². The quantitative estimate of drug-likeness (QED) is 0.781. The molecular weight excluding hydrogens is 292 g/mol. The summed E-state index contributed by atoms with van der Waals surface area (Å²) in [6.07, 6.45) is -0.546. The maximum Gasteiger partial charge on any atom is 0.410 e. The molecule has 1 fully saturated rings. The molecule has 1 heterocycles. The number of nitrogen functional groups attached to an aromatic ring is 1. The zero-order chi connectivity index (χ0) is 16.5. The minimum absolute atomic E-state index is 0.0877. The Morgan fingerprint density at radius 1 is 1.36 bits per heavy atom. The van der Waals surface area contributed by atoms with Crippen molar-refractivity contribution >= 4 is 11.8 Å². The number of ether oxygens (including phenoxy) is 1. The second-order valence-corrected chi connectivity index (χ2v) is 6.29. The summed E-state index contributed by atoms with van der Waals surface area (Å²) in [5.41, 5.74) is 4.54. The third-order valence-corrected chi connectivity index (χ3v) is 3.35. The van der Waals surface area contributed by atoms with Crippen molar-refractivity contribution in [2.24, 2.45) is 0 Å². The van der Waals surface area contributed by atoms with E-state index in [1.54, 1.807) is 20.8 Å². The van der Waals surface area contributed by atoms with Gasteiger partial charge < -0.3 is 15.8 Å². The first-order valence-electron chi connectivity index (χ1n) is 7.14. The number of nitrogens with zero attached hydrogens (tertiary/aromatic N) is 1. The zero-order valence-corrected chi connectivity index (χ0v) is 13.0. The van der Waals surface area contributed by atoms with Crippen molar-refractivity contribution in [3.05, 3.63) is 29.3 Å². The van der Waals surface area contributed by atoms with Crippen LogP contribution < -0.4 is 11.1 Å². The molecule has 5 nitrogen and oxygen atoms in total. The first-order chi connectivity index (χ1) is 10.2. The monoisotopic (exact) mass is 313 g/mol. The van der Waals surface area contributed by atoms with Gasteiger partial charge >= 0.3 is 6.09 Å². The highest BCUT2D eigenvalue weighted by Crippen LogP contribution is 2.29. The van der Waals surface area contributed by atoms with E-state index in [4.69, 9.17) is 10.5 Å². The number of amides is 1. The van der Waals surface area contributed by atoms with Gasteiger partial charge in [-0.1, -0.05) is 0 Å². The van der Waals surface area contributed by atoms with Gasteiger partial charge in [0.05, 0.1) is 11.7 Å². The average Bonchev–Trinajstić information content (AvgIpc) is 2.41. The minimum atomic E-state index is -0.703. The van der Waals surface area contributed by atoms with Crippen LogP contribution in [0.15, 0.2) is 12.1 Å². The van der Waals surface area contributed by atoms with Crippen LogP contribution in [0.1, 0.15) is 32.4 Å². The van der Waals surface area contributed by atoms with E-state index in [9.17, 15) is 13.6 Å². The van der Waals surface area contributed by atoms with Gasteiger partial charge in [-0.3, -0.25) is 4.90 Å². The Kier molecular flexibility index (Phi) is 4.55. The summed E-state index contributed by atoms with van der Waals surface area (Å²) in [4.78, 5) is 13.7. The number of hydrogen-bond acceptors (Lipinski definition) is 4. The number of anilines is 1. The predicted octanol–water partition coefficient (Wildman–Crippen LogP) is 2.43. The summed E-state index contributed by atoms with van der Waals surface area (Å²) in [7, 11) is 0. The van der Waals surface area contributed by atoms with E-state index in [1.165, 1.54) is 4.90 Å². The lowest BCUT2D eigenvalue weighted by atomic mass is 10.0. The molecule has 1 unspecified atom stereocenters. The van der Waals surface area contributed by atoms with Crippen molar-refractivity contribution in [3.63, 3.8) is 0 Å². The maximum absolute atomic E-state index is 14.1. The smallest absolute Gasteiger partial charge is 0.410 e. The number of halogens is 2. The molecule has 122 valence electrons. The highest BCUT2D eigenvalue weighted by atomic mass is 19.1. The van der Waals surface area contributed by atoms with Gasteiger partial charge in [-0.25, -0.2) is 13.6 Å². The lowest BCUT2D eigenvalue weighted by Crippen LogP contribution is -2.50. The molecule has 0 aromatic heterocycles. The summed E-state index contributed by atoms with van der Waals surface area (Å²) in [6.45, 7) is 6.50. The number of carbonyl (C=O) groups is 1. The van der Waals surface area contributed by atoms with Gasteiger partial charge in [0.1, 0.15) is 17.2 Å². The average molecular weight is 313 g/mol. The summed E-state index contributed by atoms with van der Waals surface area (Å²) in [5.74, 6) is -1.34. The fraction of sp³-hybridized carbons (Fsp3) is 0.533. The molecule has 0 saturated carbocycles. The van der Waals surface area contributed by atoms with Crippen LogP contribution in [0, 0.1) is 11.6 Å². The summed E-state index contributed by atoms with van der Waals surface area (Å²) in [5, 5.41) is 3.07. The topological polar surface area (TPSA) is 67.6 Å². The molecule has 1 aliphatic rings. The molecule has 1 amide bonds. The largest absolute Gasteiger partial charge is 0.444 e. The van der Waals surface area contributed by atoms with Gasteiger partial charge in [-0.05, 0) is 26.8 Å². The normalized spacial score (nSPS) is 19.1. The van der Waals surface area contributed by atoms with Crippen LogP contribution in [-0.4, -0.2) is 36.2 Å². The number of nitrogens with one attached hydrogen (secondary N) is 1. The molecule has 2 rings (SSSR count). The summed E-state index contributed by atoms with van der Waals surface area (Å²) < 4.78 is 33.1. The predicted molar refractivity (Wildman–Crippen MR) is 79.3 cm³/mol. The number of rotatable bonds is 1. The lowest BCUT2D eigenvalue weighted by Gasteiger charge is -2.37. The molecule has 7 heteroatoms. The van der Waals surface area contributed by atoms with Crippen LogP contribution in [0.2, 0.25) is 0 Å². The Morgan fingerprint density at radius 3 is 2.68 bits per heavy atom. The molecule has 0 radical (unpaired) electrons. The van der Waals surface area contributed by atoms with Gasteiger partial charge in [-0.2, -0.15) is 0 Å². The van der Waals surface area contributed by atoms with E-state index in [-0.39, 0.29) is 11.3 Å². The van der Waals surface area contributed by atoms with Crippen molar-refractivity contribution in [1.82, 2.24) is 10.2 Å². The molecule has 1 saturated heterocycles. The summed E-state index contributed by atoms with van der Waals surface area (Å²) in [6, 6.07) is 1.34. The molecule has 0 aliphatic carbocycles. The second-order valence-electron chi connectivity index (χ2n) is 6.29. The van der Waals surface area contributed by atoms with E-state index >= 15 is 0 Å². The zero-order valence-electron chi connectivity index (χ0n) is 13.0. The van der Waals surface area contributed by atoms with Gasteiger partial charge in [0.2, 0.25) is 0 Å². The molecule has 3 N–H and O–H groups in total. The van der Waals surface area contributed by atoms with Crippen molar-refractivity contribution in [2.75, 3.05) is 25.4 Å². The molecular formula is C15H21F2N3O2. The second kappa shape index (κ2) is 6.08. The lowest BCUT2D eigenvalue weighted by molar-refractivity contribution is 0.0114. The Balaban J connectivity index is 2.31. The molecule has 1 atom stereocenters. The minimum Gasteiger partial charge on any atom is -0.444 e. The molecule has 0 bridgehead atoms. The molecule has 1 aromatic rings. The first-order valence-corrected chi connectivity index (χ1v) is 7.14.